The van der Waals surface area contributed by atoms with Crippen molar-refractivity contribution in [2.45, 2.75) is 50.7 Å². The van der Waals surface area contributed by atoms with Crippen LogP contribution in [0.25, 0.3) is 11.0 Å². The number of amides is 2. The van der Waals surface area contributed by atoms with Gasteiger partial charge in [0.2, 0.25) is 11.8 Å². The number of methoxy groups -OCH3 is 1. The van der Waals surface area contributed by atoms with Crippen LogP contribution in [0.5, 0.6) is 5.75 Å². The monoisotopic (exact) mass is 503 g/mol. The quantitative estimate of drug-likeness (QED) is 0.376. The highest BCUT2D eigenvalue weighted by molar-refractivity contribution is 7.10. The number of anilines is 1. The second-order valence-electron chi connectivity index (χ2n) is 8.96. The van der Waals surface area contributed by atoms with E-state index in [0.29, 0.717) is 17.0 Å². The van der Waals surface area contributed by atoms with Gasteiger partial charge in [-0.2, -0.15) is 0 Å². The van der Waals surface area contributed by atoms with Gasteiger partial charge in [0.15, 0.2) is 0 Å². The summed E-state index contributed by atoms with van der Waals surface area (Å²) in [7, 11) is 1.58. The first-order chi connectivity index (χ1) is 17.6. The molecular weight excluding hydrogens is 474 g/mol. The molecule has 186 valence electrons. The maximum absolute atomic E-state index is 14.0. The number of rotatable bonds is 8. The van der Waals surface area contributed by atoms with E-state index in [4.69, 9.17) is 4.74 Å². The topological polar surface area (TPSA) is 89.3 Å². The summed E-state index contributed by atoms with van der Waals surface area (Å²) < 4.78 is 7.02. The fourth-order valence-electron chi connectivity index (χ4n) is 4.78. The van der Waals surface area contributed by atoms with E-state index in [1.54, 1.807) is 22.8 Å². The number of carbonyl (C=O) groups excluding carboxylic acids is 2. The molecule has 0 spiro atoms. The van der Waals surface area contributed by atoms with Gasteiger partial charge in [0.05, 0.1) is 12.6 Å². The summed E-state index contributed by atoms with van der Waals surface area (Å²) in [5, 5.41) is 13.5. The highest BCUT2D eigenvalue weighted by Gasteiger charge is 2.35. The molecule has 2 aromatic heterocycles. The van der Waals surface area contributed by atoms with Crippen molar-refractivity contribution < 1.29 is 14.3 Å². The Hall–Kier alpha value is -3.72. The van der Waals surface area contributed by atoms with Gasteiger partial charge < -0.3 is 10.1 Å². The summed E-state index contributed by atoms with van der Waals surface area (Å²) in [6, 6.07) is 17.9. The molecule has 36 heavy (non-hydrogen) atoms. The Morgan fingerprint density at radius 1 is 1.11 bits per heavy atom. The lowest BCUT2D eigenvalue weighted by Crippen LogP contribution is -2.48. The van der Waals surface area contributed by atoms with Crippen LogP contribution in [0, 0.1) is 0 Å². The van der Waals surface area contributed by atoms with Crippen molar-refractivity contribution in [3.63, 3.8) is 0 Å². The SMILES string of the molecule is COc1cccc(N(C(=O)Cn2nnc3ccccc32)[C@@H](C(=O)NC2CCCCC2)c2cccs2)c1. The van der Waals surface area contributed by atoms with Crippen LogP contribution < -0.4 is 15.0 Å². The number of hydrogen-bond donors (Lipinski definition) is 1. The maximum atomic E-state index is 14.0. The van der Waals surface area contributed by atoms with Gasteiger partial charge in [0.1, 0.15) is 23.9 Å². The number of nitrogens with zero attached hydrogens (tertiary/aromatic N) is 4. The van der Waals surface area contributed by atoms with E-state index < -0.39 is 6.04 Å². The van der Waals surface area contributed by atoms with Gasteiger partial charge in [0, 0.05) is 22.7 Å². The van der Waals surface area contributed by atoms with Gasteiger partial charge in [-0.25, -0.2) is 4.68 Å². The van der Waals surface area contributed by atoms with E-state index in [1.165, 1.54) is 17.8 Å². The molecule has 1 atom stereocenters. The third-order valence-electron chi connectivity index (χ3n) is 6.58. The molecule has 9 heteroatoms. The minimum absolute atomic E-state index is 0.0592. The molecular formula is C27H29N5O3S. The average Bonchev–Trinajstić information content (AvgIpc) is 3.58. The number of aromatic nitrogens is 3. The lowest BCUT2D eigenvalue weighted by molar-refractivity contribution is -0.127. The molecule has 1 aliphatic rings. The Kier molecular flexibility index (Phi) is 7.27. The van der Waals surface area contributed by atoms with E-state index >= 15 is 0 Å². The number of ether oxygens (including phenoxy) is 1. The molecule has 0 bridgehead atoms. The molecule has 8 nitrogen and oxygen atoms in total. The van der Waals surface area contributed by atoms with Crippen molar-refractivity contribution in [2.75, 3.05) is 12.0 Å². The normalized spacial score (nSPS) is 14.9. The largest absolute Gasteiger partial charge is 0.497 e. The van der Waals surface area contributed by atoms with Crippen LogP contribution in [-0.4, -0.2) is 40.0 Å². The second kappa shape index (κ2) is 10.9. The summed E-state index contributed by atoms with van der Waals surface area (Å²) in [4.78, 5) is 30.2. The summed E-state index contributed by atoms with van der Waals surface area (Å²) in [6.45, 7) is -0.0592. The molecule has 0 aliphatic heterocycles. The Bertz CT molecular complexity index is 1330. The van der Waals surface area contributed by atoms with Crippen molar-refractivity contribution >= 4 is 39.9 Å². The molecule has 2 heterocycles. The molecule has 0 radical (unpaired) electrons. The molecule has 1 aliphatic carbocycles. The zero-order chi connectivity index (χ0) is 24.9. The van der Waals surface area contributed by atoms with Crippen molar-refractivity contribution in [1.29, 1.82) is 0 Å². The first-order valence-electron chi connectivity index (χ1n) is 12.2. The van der Waals surface area contributed by atoms with Crippen LogP contribution in [0.2, 0.25) is 0 Å². The minimum Gasteiger partial charge on any atom is -0.497 e. The van der Waals surface area contributed by atoms with Crippen LogP contribution in [0.4, 0.5) is 5.69 Å². The number of nitrogens with one attached hydrogen (secondary N) is 1. The molecule has 0 saturated heterocycles. The maximum Gasteiger partial charge on any atom is 0.249 e. The van der Waals surface area contributed by atoms with Crippen molar-refractivity contribution in [3.05, 3.63) is 70.9 Å². The third-order valence-corrected chi connectivity index (χ3v) is 7.50. The van der Waals surface area contributed by atoms with Crippen LogP contribution >= 0.6 is 11.3 Å². The lowest BCUT2D eigenvalue weighted by Gasteiger charge is -2.33. The van der Waals surface area contributed by atoms with Crippen LogP contribution in [-0.2, 0) is 16.1 Å². The van der Waals surface area contributed by atoms with Gasteiger partial charge in [-0.3, -0.25) is 14.5 Å². The number of thiophene rings is 1. The van der Waals surface area contributed by atoms with E-state index in [9.17, 15) is 9.59 Å². The smallest absolute Gasteiger partial charge is 0.249 e. The van der Waals surface area contributed by atoms with E-state index in [1.807, 2.05) is 60.0 Å². The molecule has 1 saturated carbocycles. The molecule has 5 rings (SSSR count). The van der Waals surface area contributed by atoms with Gasteiger partial charge in [-0.1, -0.05) is 48.7 Å². The number of benzene rings is 2. The number of para-hydroxylation sites is 1. The minimum atomic E-state index is -0.818. The van der Waals surface area contributed by atoms with E-state index in [0.717, 1.165) is 36.1 Å². The zero-order valence-electron chi connectivity index (χ0n) is 20.2. The summed E-state index contributed by atoms with van der Waals surface area (Å²) in [6.07, 6.45) is 5.32. The highest BCUT2D eigenvalue weighted by Crippen LogP contribution is 2.33. The van der Waals surface area contributed by atoms with Crippen LogP contribution in [0.15, 0.2) is 66.0 Å². The Balaban J connectivity index is 1.53. The first kappa shape index (κ1) is 24.0. The zero-order valence-corrected chi connectivity index (χ0v) is 21.0. The number of hydrogen-bond acceptors (Lipinski definition) is 6. The fraction of sp³-hybridized carbons (Fsp3) is 0.333. The van der Waals surface area contributed by atoms with Gasteiger partial charge in [-0.15, -0.1) is 16.4 Å². The molecule has 2 aromatic carbocycles. The first-order valence-corrected chi connectivity index (χ1v) is 13.1. The second-order valence-corrected chi connectivity index (χ2v) is 9.94. The number of fused-ring (bicyclic) bond motifs is 1. The standard InChI is InChI=1S/C27H29N5O3S/c1-35-21-12-7-11-20(17-21)32(25(33)18-31-23-14-6-5-13-22(23)29-30-31)26(24-15-8-16-36-24)27(34)28-19-9-3-2-4-10-19/h5-8,11-17,19,26H,2-4,9-10,18H2,1H3,(H,28,34)/t26-/m1/s1. The van der Waals surface area contributed by atoms with Crippen molar-refractivity contribution in [1.82, 2.24) is 20.3 Å². The van der Waals surface area contributed by atoms with Gasteiger partial charge in [-0.05, 0) is 48.6 Å². The van der Waals surface area contributed by atoms with E-state index in [2.05, 4.69) is 15.6 Å². The molecule has 1 N–H and O–H groups in total. The average molecular weight is 504 g/mol. The predicted molar refractivity (Wildman–Crippen MR) is 140 cm³/mol. The summed E-state index contributed by atoms with van der Waals surface area (Å²) in [5.74, 6) is 0.161. The molecule has 4 aromatic rings. The summed E-state index contributed by atoms with van der Waals surface area (Å²) >= 11 is 1.46. The van der Waals surface area contributed by atoms with Gasteiger partial charge in [0.25, 0.3) is 0 Å². The fourth-order valence-corrected chi connectivity index (χ4v) is 5.60. The Labute approximate surface area is 213 Å². The Morgan fingerprint density at radius 3 is 2.72 bits per heavy atom. The summed E-state index contributed by atoms with van der Waals surface area (Å²) in [5.41, 5.74) is 2.06. The van der Waals surface area contributed by atoms with Gasteiger partial charge >= 0.3 is 0 Å². The molecule has 2 amide bonds. The van der Waals surface area contributed by atoms with Crippen LogP contribution in [0.3, 0.4) is 0 Å². The lowest BCUT2D eigenvalue weighted by atomic mass is 9.95. The van der Waals surface area contributed by atoms with E-state index in [-0.39, 0.29) is 24.4 Å². The molecule has 0 unspecified atom stereocenters. The van der Waals surface area contributed by atoms with Crippen molar-refractivity contribution in [2.24, 2.45) is 0 Å². The Morgan fingerprint density at radius 2 is 1.94 bits per heavy atom. The van der Waals surface area contributed by atoms with Crippen molar-refractivity contribution in [3.8, 4) is 5.75 Å². The highest BCUT2D eigenvalue weighted by atomic mass is 32.1. The third kappa shape index (κ3) is 5.11. The molecule has 1 fully saturated rings. The van der Waals surface area contributed by atoms with Crippen LogP contribution in [0.1, 0.15) is 43.0 Å². The predicted octanol–water partition coefficient (Wildman–Crippen LogP) is 4.72. The number of carbonyl (C=O) groups is 2.